The molecular weight excluding hydrogens is 170 g/mol. The smallest absolute Gasteiger partial charge is 0.0484 e. The molecule has 1 heteroatoms. The molecule has 0 saturated heterocycles. The summed E-state index contributed by atoms with van der Waals surface area (Å²) < 4.78 is 2.15. The summed E-state index contributed by atoms with van der Waals surface area (Å²) in [6.45, 7) is 0. The molecular formula is C13H11N. The van der Waals surface area contributed by atoms with E-state index in [1.165, 1.54) is 21.7 Å². The van der Waals surface area contributed by atoms with Crippen LogP contribution in [0.2, 0.25) is 0 Å². The molecule has 0 unspecified atom stereocenters. The number of rotatable bonds is 0. The fourth-order valence-electron chi connectivity index (χ4n) is 2.03. The molecule has 0 radical (unpaired) electrons. The van der Waals surface area contributed by atoms with E-state index in [4.69, 9.17) is 0 Å². The van der Waals surface area contributed by atoms with Gasteiger partial charge in [-0.3, -0.25) is 0 Å². The molecule has 0 aliphatic carbocycles. The Kier molecular flexibility index (Phi) is 1.42. The first-order valence-electron chi connectivity index (χ1n) is 4.79. The van der Waals surface area contributed by atoms with E-state index < -0.39 is 0 Å². The highest BCUT2D eigenvalue weighted by Crippen LogP contribution is 2.25. The first kappa shape index (κ1) is 7.63. The normalized spacial score (nSPS) is 11.2. The van der Waals surface area contributed by atoms with Gasteiger partial charge in [-0.05, 0) is 22.9 Å². The van der Waals surface area contributed by atoms with E-state index in [0.717, 1.165) is 0 Å². The molecule has 2 aromatic carbocycles. The molecule has 1 heterocycles. The van der Waals surface area contributed by atoms with Gasteiger partial charge < -0.3 is 4.57 Å². The molecule has 0 amide bonds. The molecule has 1 aromatic heterocycles. The summed E-state index contributed by atoms with van der Waals surface area (Å²) in [7, 11) is 2.08. The molecule has 0 aliphatic heterocycles. The molecule has 68 valence electrons. The van der Waals surface area contributed by atoms with E-state index in [1.54, 1.807) is 0 Å². The number of aromatic nitrogens is 1. The van der Waals surface area contributed by atoms with Crippen LogP contribution >= 0.6 is 0 Å². The van der Waals surface area contributed by atoms with Gasteiger partial charge in [-0.2, -0.15) is 0 Å². The Bertz CT molecular complexity index is 605. The molecule has 0 fully saturated rings. The fraction of sp³-hybridized carbons (Fsp3) is 0.0769. The number of nitrogens with zero attached hydrogens (tertiary/aromatic N) is 1. The minimum absolute atomic E-state index is 1.30. The molecule has 3 rings (SSSR count). The zero-order valence-corrected chi connectivity index (χ0v) is 8.07. The van der Waals surface area contributed by atoms with Gasteiger partial charge in [0.2, 0.25) is 0 Å². The summed E-state index contributed by atoms with van der Waals surface area (Å²) in [5, 5.41) is 3.99. The van der Waals surface area contributed by atoms with Crippen molar-refractivity contribution in [3.63, 3.8) is 0 Å². The van der Waals surface area contributed by atoms with Crippen LogP contribution in [0.25, 0.3) is 21.7 Å². The van der Waals surface area contributed by atoms with Crippen LogP contribution in [0.3, 0.4) is 0 Å². The Hall–Kier alpha value is -1.76. The Balaban J connectivity index is 2.61. The van der Waals surface area contributed by atoms with Crippen molar-refractivity contribution in [1.29, 1.82) is 0 Å². The van der Waals surface area contributed by atoms with Gasteiger partial charge in [-0.25, -0.2) is 0 Å². The lowest BCUT2D eigenvalue weighted by Gasteiger charge is -2.00. The van der Waals surface area contributed by atoms with Crippen LogP contribution < -0.4 is 0 Å². The molecule has 1 nitrogen and oxygen atoms in total. The summed E-state index contributed by atoms with van der Waals surface area (Å²) in [4.78, 5) is 0. The van der Waals surface area contributed by atoms with E-state index >= 15 is 0 Å². The summed E-state index contributed by atoms with van der Waals surface area (Å²) in [6, 6.07) is 15.0. The average molecular weight is 181 g/mol. The van der Waals surface area contributed by atoms with E-state index in [2.05, 4.69) is 60.3 Å². The van der Waals surface area contributed by atoms with Crippen molar-refractivity contribution in [1.82, 2.24) is 4.57 Å². The minimum Gasteiger partial charge on any atom is -0.351 e. The standard InChI is InChI=1S/C13H11N/c1-14-9-8-12-11-5-3-2-4-10(11)6-7-13(12)14/h2-9H,1H3. The third kappa shape index (κ3) is 0.896. The lowest BCUT2D eigenvalue weighted by molar-refractivity contribution is 0.969. The number of aryl methyl sites for hydroxylation is 1. The Labute approximate surface area is 82.6 Å². The zero-order valence-electron chi connectivity index (χ0n) is 8.07. The predicted molar refractivity (Wildman–Crippen MR) is 60.4 cm³/mol. The second-order valence-corrected chi connectivity index (χ2v) is 3.65. The van der Waals surface area contributed by atoms with Crippen molar-refractivity contribution in [2.75, 3.05) is 0 Å². The van der Waals surface area contributed by atoms with Crippen molar-refractivity contribution in [3.8, 4) is 0 Å². The van der Waals surface area contributed by atoms with Crippen LogP contribution in [0.5, 0.6) is 0 Å². The quantitative estimate of drug-likeness (QED) is 0.501. The van der Waals surface area contributed by atoms with E-state index in [0.29, 0.717) is 0 Å². The first-order valence-corrected chi connectivity index (χ1v) is 4.79. The summed E-state index contributed by atoms with van der Waals surface area (Å²) in [5.41, 5.74) is 1.30. The topological polar surface area (TPSA) is 4.93 Å². The Morgan fingerprint density at radius 1 is 0.857 bits per heavy atom. The maximum absolute atomic E-state index is 2.18. The molecule has 0 aliphatic rings. The van der Waals surface area contributed by atoms with Gasteiger partial charge >= 0.3 is 0 Å². The van der Waals surface area contributed by atoms with Gasteiger partial charge in [-0.1, -0.05) is 30.3 Å². The third-order valence-corrected chi connectivity index (χ3v) is 2.79. The second kappa shape index (κ2) is 2.61. The zero-order chi connectivity index (χ0) is 9.54. The molecule has 0 spiro atoms. The van der Waals surface area contributed by atoms with Gasteiger partial charge in [0.25, 0.3) is 0 Å². The maximum Gasteiger partial charge on any atom is 0.0484 e. The molecule has 0 bridgehead atoms. The van der Waals surface area contributed by atoms with Crippen LogP contribution in [0.15, 0.2) is 48.7 Å². The van der Waals surface area contributed by atoms with Gasteiger partial charge in [-0.15, -0.1) is 0 Å². The van der Waals surface area contributed by atoms with Crippen molar-refractivity contribution in [3.05, 3.63) is 48.7 Å². The van der Waals surface area contributed by atoms with Gasteiger partial charge in [0, 0.05) is 24.1 Å². The van der Waals surface area contributed by atoms with E-state index in [-0.39, 0.29) is 0 Å². The lowest BCUT2D eigenvalue weighted by Crippen LogP contribution is -1.83. The maximum atomic E-state index is 2.18. The van der Waals surface area contributed by atoms with Crippen molar-refractivity contribution in [2.45, 2.75) is 0 Å². The van der Waals surface area contributed by atoms with Crippen LogP contribution in [-0.4, -0.2) is 4.57 Å². The number of fused-ring (bicyclic) bond motifs is 3. The molecule has 0 N–H and O–H groups in total. The van der Waals surface area contributed by atoms with Gasteiger partial charge in [0.05, 0.1) is 0 Å². The van der Waals surface area contributed by atoms with Gasteiger partial charge in [0.15, 0.2) is 0 Å². The largest absolute Gasteiger partial charge is 0.351 e. The van der Waals surface area contributed by atoms with Crippen molar-refractivity contribution < 1.29 is 0 Å². The van der Waals surface area contributed by atoms with Crippen LogP contribution in [0.4, 0.5) is 0 Å². The van der Waals surface area contributed by atoms with Gasteiger partial charge in [0.1, 0.15) is 0 Å². The highest BCUT2D eigenvalue weighted by atomic mass is 14.9. The first-order chi connectivity index (χ1) is 6.86. The minimum atomic E-state index is 1.30. The number of hydrogen-bond acceptors (Lipinski definition) is 0. The number of hydrogen-bond donors (Lipinski definition) is 0. The number of benzene rings is 2. The Morgan fingerprint density at radius 3 is 2.64 bits per heavy atom. The molecule has 0 atom stereocenters. The second-order valence-electron chi connectivity index (χ2n) is 3.65. The van der Waals surface area contributed by atoms with Crippen molar-refractivity contribution >= 4 is 21.7 Å². The van der Waals surface area contributed by atoms with Crippen LogP contribution in [0.1, 0.15) is 0 Å². The van der Waals surface area contributed by atoms with E-state index in [9.17, 15) is 0 Å². The monoisotopic (exact) mass is 181 g/mol. The predicted octanol–water partition coefficient (Wildman–Crippen LogP) is 3.33. The molecule has 14 heavy (non-hydrogen) atoms. The highest BCUT2D eigenvalue weighted by molar-refractivity contribution is 6.06. The third-order valence-electron chi connectivity index (χ3n) is 2.79. The molecule has 0 saturated carbocycles. The Morgan fingerprint density at radius 2 is 1.71 bits per heavy atom. The fourth-order valence-corrected chi connectivity index (χ4v) is 2.03. The summed E-state index contributed by atoms with van der Waals surface area (Å²) in [6.07, 6.45) is 2.11. The average Bonchev–Trinajstić information content (AvgIpc) is 2.61. The molecule has 3 aromatic rings. The van der Waals surface area contributed by atoms with Crippen molar-refractivity contribution in [2.24, 2.45) is 7.05 Å². The summed E-state index contributed by atoms with van der Waals surface area (Å²) >= 11 is 0. The van der Waals surface area contributed by atoms with E-state index in [1.807, 2.05) is 0 Å². The lowest BCUT2D eigenvalue weighted by atomic mass is 10.1. The van der Waals surface area contributed by atoms with Crippen LogP contribution in [-0.2, 0) is 7.05 Å². The highest BCUT2D eigenvalue weighted by Gasteiger charge is 2.01. The SMILES string of the molecule is Cn1ccc2c3ccccc3ccc21. The summed E-state index contributed by atoms with van der Waals surface area (Å²) in [5.74, 6) is 0. The van der Waals surface area contributed by atoms with Crippen LogP contribution in [0, 0.1) is 0 Å².